The predicted molar refractivity (Wildman–Crippen MR) is 128 cm³/mol. The standard InChI is InChI=1S/C25H26N6O4/c1-35-15-20-26-25(29-28-20)27-21(32)13-3-2-8-14-30-22-16-9-4-5-10-17(16)24(34)31(22)19-12-7-6-11-18(19)23(30)33/h4-7,9-12,22H,2-3,8,13-15H2,1H3,(H2,26,27,28,29,32)/t22-/m0/s1. The lowest BCUT2D eigenvalue weighted by Gasteiger charge is -2.41. The number of rotatable bonds is 9. The van der Waals surface area contributed by atoms with E-state index >= 15 is 0 Å². The first kappa shape index (κ1) is 22.7. The Kier molecular flexibility index (Phi) is 6.28. The molecule has 35 heavy (non-hydrogen) atoms. The summed E-state index contributed by atoms with van der Waals surface area (Å²) in [6.07, 6.45) is 1.99. The van der Waals surface area contributed by atoms with Gasteiger partial charge in [0.2, 0.25) is 11.9 Å². The Hall–Kier alpha value is -4.05. The van der Waals surface area contributed by atoms with Gasteiger partial charge in [-0.05, 0) is 31.0 Å². The number of nitrogens with one attached hydrogen (secondary N) is 2. The summed E-state index contributed by atoms with van der Waals surface area (Å²) >= 11 is 0. The van der Waals surface area contributed by atoms with Gasteiger partial charge in [-0.1, -0.05) is 36.8 Å². The van der Waals surface area contributed by atoms with E-state index in [-0.39, 0.29) is 30.3 Å². The lowest BCUT2D eigenvalue weighted by Crippen LogP contribution is -2.48. The average Bonchev–Trinajstić information content (AvgIpc) is 3.43. The van der Waals surface area contributed by atoms with E-state index in [0.717, 1.165) is 12.0 Å². The molecule has 1 aromatic heterocycles. The van der Waals surface area contributed by atoms with Crippen molar-refractivity contribution in [2.75, 3.05) is 23.9 Å². The number of ether oxygens (including phenoxy) is 1. The zero-order chi connectivity index (χ0) is 24.4. The molecular weight excluding hydrogens is 448 g/mol. The second-order valence-electron chi connectivity index (χ2n) is 8.55. The first-order valence-electron chi connectivity index (χ1n) is 11.6. The summed E-state index contributed by atoms with van der Waals surface area (Å²) in [5.74, 6) is 0.423. The van der Waals surface area contributed by atoms with E-state index in [0.29, 0.717) is 48.4 Å². The number of benzene rings is 2. The Morgan fingerprint density at radius 1 is 1.03 bits per heavy atom. The Balaban J connectivity index is 1.21. The molecular formula is C25H26N6O4. The number of carbonyl (C=O) groups is 3. The fourth-order valence-corrected chi connectivity index (χ4v) is 4.68. The summed E-state index contributed by atoms with van der Waals surface area (Å²) in [6.45, 7) is 0.774. The predicted octanol–water partition coefficient (Wildman–Crippen LogP) is 3.27. The highest BCUT2D eigenvalue weighted by atomic mass is 16.5. The number of nitrogens with zero attached hydrogens (tertiary/aromatic N) is 4. The molecule has 0 bridgehead atoms. The van der Waals surface area contributed by atoms with Gasteiger partial charge < -0.3 is 9.64 Å². The van der Waals surface area contributed by atoms with Gasteiger partial charge in [0.25, 0.3) is 11.8 Å². The van der Waals surface area contributed by atoms with Crippen LogP contribution < -0.4 is 10.2 Å². The number of hydrogen-bond donors (Lipinski definition) is 2. The molecule has 3 aromatic rings. The minimum absolute atomic E-state index is 0.0828. The summed E-state index contributed by atoms with van der Waals surface area (Å²) in [4.78, 5) is 46.4. The van der Waals surface area contributed by atoms with Gasteiger partial charge >= 0.3 is 0 Å². The fraction of sp³-hybridized carbons (Fsp3) is 0.320. The van der Waals surface area contributed by atoms with Crippen molar-refractivity contribution in [3.05, 3.63) is 71.0 Å². The normalized spacial score (nSPS) is 16.2. The van der Waals surface area contributed by atoms with E-state index < -0.39 is 6.17 Å². The van der Waals surface area contributed by atoms with Crippen molar-refractivity contribution < 1.29 is 19.1 Å². The topological polar surface area (TPSA) is 121 Å². The van der Waals surface area contributed by atoms with Crippen LogP contribution in [-0.4, -0.2) is 51.5 Å². The molecule has 2 aliphatic rings. The Morgan fingerprint density at radius 2 is 1.80 bits per heavy atom. The first-order chi connectivity index (χ1) is 17.1. The minimum Gasteiger partial charge on any atom is -0.377 e. The Labute approximate surface area is 202 Å². The number of H-pyrrole nitrogens is 1. The van der Waals surface area contributed by atoms with Crippen LogP contribution in [0.2, 0.25) is 0 Å². The molecule has 180 valence electrons. The van der Waals surface area contributed by atoms with Crippen LogP contribution in [0, 0.1) is 0 Å². The number of aromatic amines is 1. The van der Waals surface area contributed by atoms with Gasteiger partial charge in [-0.25, -0.2) is 0 Å². The van der Waals surface area contributed by atoms with Crippen LogP contribution in [0.3, 0.4) is 0 Å². The van der Waals surface area contributed by atoms with E-state index in [4.69, 9.17) is 4.74 Å². The molecule has 0 fully saturated rings. The number of aromatic nitrogens is 3. The molecule has 0 radical (unpaired) electrons. The van der Waals surface area contributed by atoms with Crippen LogP contribution in [0.1, 0.15) is 64.0 Å². The molecule has 0 aliphatic carbocycles. The zero-order valence-electron chi connectivity index (χ0n) is 19.4. The zero-order valence-corrected chi connectivity index (χ0v) is 19.4. The summed E-state index contributed by atoms with van der Waals surface area (Å²) < 4.78 is 4.97. The van der Waals surface area contributed by atoms with Crippen molar-refractivity contribution in [2.45, 2.75) is 38.5 Å². The largest absolute Gasteiger partial charge is 0.377 e. The van der Waals surface area contributed by atoms with Crippen LogP contribution in [0.25, 0.3) is 0 Å². The SMILES string of the molecule is COCc1nc(NC(=O)CCCCCN2C(=O)c3ccccc3N3C(=O)c4ccccc4[C@@H]23)n[nH]1. The summed E-state index contributed by atoms with van der Waals surface area (Å²) in [5, 5.41) is 9.30. The molecule has 2 aliphatic heterocycles. The van der Waals surface area contributed by atoms with Gasteiger partial charge in [0.15, 0.2) is 5.82 Å². The third-order valence-electron chi connectivity index (χ3n) is 6.25. The molecule has 5 rings (SSSR count). The third kappa shape index (κ3) is 4.28. The lowest BCUT2D eigenvalue weighted by molar-refractivity contribution is -0.116. The second kappa shape index (κ2) is 9.67. The molecule has 10 heteroatoms. The van der Waals surface area contributed by atoms with Crippen LogP contribution in [-0.2, 0) is 16.1 Å². The van der Waals surface area contributed by atoms with Crippen molar-refractivity contribution in [1.29, 1.82) is 0 Å². The molecule has 2 aromatic carbocycles. The maximum Gasteiger partial charge on any atom is 0.260 e. The molecule has 1 atom stereocenters. The monoisotopic (exact) mass is 474 g/mol. The molecule has 0 saturated heterocycles. The highest BCUT2D eigenvalue weighted by Gasteiger charge is 2.47. The molecule has 2 N–H and O–H groups in total. The minimum atomic E-state index is -0.448. The number of amides is 3. The molecule has 3 heterocycles. The van der Waals surface area contributed by atoms with Crippen LogP contribution in [0.5, 0.6) is 0 Å². The number of fused-ring (bicyclic) bond motifs is 5. The van der Waals surface area contributed by atoms with Crippen molar-refractivity contribution in [2.24, 2.45) is 0 Å². The quantitative estimate of drug-likeness (QED) is 0.459. The van der Waals surface area contributed by atoms with Gasteiger partial charge in [-0.15, -0.1) is 5.10 Å². The van der Waals surface area contributed by atoms with Crippen molar-refractivity contribution in [3.63, 3.8) is 0 Å². The Bertz CT molecular complexity index is 1270. The summed E-state index contributed by atoms with van der Waals surface area (Å²) in [6, 6.07) is 14.7. The number of methoxy groups -OCH3 is 1. The molecule has 3 amide bonds. The van der Waals surface area contributed by atoms with Crippen molar-refractivity contribution in [1.82, 2.24) is 20.1 Å². The number of para-hydroxylation sites is 1. The Morgan fingerprint density at radius 3 is 2.63 bits per heavy atom. The number of hydrogen-bond acceptors (Lipinski definition) is 6. The van der Waals surface area contributed by atoms with E-state index in [1.54, 1.807) is 23.0 Å². The van der Waals surface area contributed by atoms with E-state index in [1.807, 2.05) is 42.5 Å². The van der Waals surface area contributed by atoms with Gasteiger partial charge in [0, 0.05) is 31.2 Å². The summed E-state index contributed by atoms with van der Waals surface area (Å²) in [5.41, 5.74) is 2.66. The van der Waals surface area contributed by atoms with Gasteiger partial charge in [0.05, 0.1) is 11.3 Å². The average molecular weight is 475 g/mol. The fourth-order valence-electron chi connectivity index (χ4n) is 4.68. The maximum absolute atomic E-state index is 13.4. The van der Waals surface area contributed by atoms with Gasteiger partial charge in [0.1, 0.15) is 12.8 Å². The first-order valence-corrected chi connectivity index (χ1v) is 11.6. The maximum atomic E-state index is 13.4. The highest BCUT2D eigenvalue weighted by Crippen LogP contribution is 2.45. The van der Waals surface area contributed by atoms with E-state index in [2.05, 4.69) is 20.5 Å². The highest BCUT2D eigenvalue weighted by molar-refractivity contribution is 6.16. The molecule has 0 saturated carbocycles. The van der Waals surface area contributed by atoms with Crippen molar-refractivity contribution in [3.8, 4) is 0 Å². The van der Waals surface area contributed by atoms with Gasteiger partial charge in [-0.3, -0.25) is 29.7 Å². The number of anilines is 2. The summed E-state index contributed by atoms with van der Waals surface area (Å²) in [7, 11) is 1.55. The smallest absolute Gasteiger partial charge is 0.260 e. The number of unbranched alkanes of at least 4 members (excludes halogenated alkanes) is 2. The van der Waals surface area contributed by atoms with Gasteiger partial charge in [-0.2, -0.15) is 4.98 Å². The molecule has 0 spiro atoms. The molecule has 10 nitrogen and oxygen atoms in total. The second-order valence-corrected chi connectivity index (χ2v) is 8.55. The van der Waals surface area contributed by atoms with Crippen molar-refractivity contribution >= 4 is 29.4 Å². The lowest BCUT2D eigenvalue weighted by atomic mass is 10.0. The van der Waals surface area contributed by atoms with E-state index in [1.165, 1.54) is 0 Å². The third-order valence-corrected chi connectivity index (χ3v) is 6.25. The van der Waals surface area contributed by atoms with Crippen LogP contribution >= 0.6 is 0 Å². The van der Waals surface area contributed by atoms with E-state index in [9.17, 15) is 14.4 Å². The molecule has 0 unspecified atom stereocenters. The van der Waals surface area contributed by atoms with Crippen LogP contribution in [0.4, 0.5) is 11.6 Å². The number of carbonyl (C=O) groups excluding carboxylic acids is 3. The van der Waals surface area contributed by atoms with Crippen LogP contribution in [0.15, 0.2) is 48.5 Å².